The average molecular weight is 295 g/mol. The molecule has 5 unspecified atom stereocenters. The Morgan fingerprint density at radius 3 is 2.90 bits per heavy atom. The number of allylic oxidation sites excluding steroid dienone is 1. The molecule has 0 aromatic carbocycles. The van der Waals surface area contributed by atoms with E-state index in [0.717, 1.165) is 32.5 Å². The fourth-order valence-electron chi connectivity index (χ4n) is 3.53. The summed E-state index contributed by atoms with van der Waals surface area (Å²) in [6, 6.07) is 0.770. The minimum atomic E-state index is -0.774. The van der Waals surface area contributed by atoms with Crippen molar-refractivity contribution in [1.82, 2.24) is 16.0 Å². The van der Waals surface area contributed by atoms with Gasteiger partial charge in [-0.2, -0.15) is 0 Å². The van der Waals surface area contributed by atoms with Gasteiger partial charge in [-0.15, -0.1) is 0 Å². The predicted molar refractivity (Wildman–Crippen MR) is 86.9 cm³/mol. The van der Waals surface area contributed by atoms with Gasteiger partial charge in [-0.3, -0.25) is 5.32 Å². The van der Waals surface area contributed by atoms with E-state index < -0.39 is 6.17 Å². The molecule has 0 aromatic rings. The van der Waals surface area contributed by atoms with E-state index in [4.69, 9.17) is 0 Å². The van der Waals surface area contributed by atoms with Gasteiger partial charge >= 0.3 is 0 Å². The van der Waals surface area contributed by atoms with Crippen molar-refractivity contribution in [2.45, 2.75) is 51.4 Å². The first-order valence-corrected chi connectivity index (χ1v) is 8.31. The van der Waals surface area contributed by atoms with Crippen LogP contribution < -0.4 is 16.0 Å². The predicted octanol–water partition coefficient (Wildman–Crippen LogP) is 2.37. The van der Waals surface area contributed by atoms with Crippen LogP contribution in [-0.2, 0) is 0 Å². The van der Waals surface area contributed by atoms with Crippen LogP contribution in [-0.4, -0.2) is 38.5 Å². The molecule has 1 aliphatic heterocycles. The van der Waals surface area contributed by atoms with Crippen LogP contribution in [0.15, 0.2) is 23.8 Å². The summed E-state index contributed by atoms with van der Waals surface area (Å²) in [5, 5.41) is 10.3. The molecule has 4 heteroatoms. The largest absolute Gasteiger partial charge is 0.308 e. The summed E-state index contributed by atoms with van der Waals surface area (Å²) in [6.45, 7) is 5.99. The molecule has 3 N–H and O–H groups in total. The van der Waals surface area contributed by atoms with Crippen molar-refractivity contribution in [3.63, 3.8) is 0 Å². The smallest absolute Gasteiger partial charge is 0.121 e. The van der Waals surface area contributed by atoms with Crippen molar-refractivity contribution >= 4 is 0 Å². The van der Waals surface area contributed by atoms with Crippen molar-refractivity contribution in [3.05, 3.63) is 23.8 Å². The third-order valence-electron chi connectivity index (χ3n) is 4.70. The summed E-state index contributed by atoms with van der Waals surface area (Å²) in [4.78, 5) is 0. The maximum absolute atomic E-state index is 13.6. The summed E-state index contributed by atoms with van der Waals surface area (Å²) < 4.78 is 13.6. The highest BCUT2D eigenvalue weighted by Gasteiger charge is 2.34. The van der Waals surface area contributed by atoms with Gasteiger partial charge in [-0.25, -0.2) is 4.39 Å². The Morgan fingerprint density at radius 2 is 2.24 bits per heavy atom. The molecule has 1 heterocycles. The number of rotatable bonds is 7. The summed E-state index contributed by atoms with van der Waals surface area (Å²) in [6.07, 6.45) is 8.63. The Morgan fingerprint density at radius 1 is 1.43 bits per heavy atom. The van der Waals surface area contributed by atoms with Gasteiger partial charge in [0.05, 0.1) is 0 Å². The van der Waals surface area contributed by atoms with Crippen molar-refractivity contribution in [2.24, 2.45) is 11.8 Å². The lowest BCUT2D eigenvalue weighted by molar-refractivity contribution is 0.235. The Hall–Kier alpha value is -0.710. The summed E-state index contributed by atoms with van der Waals surface area (Å²) in [5.41, 5.74) is 1.46. The van der Waals surface area contributed by atoms with Crippen molar-refractivity contribution in [1.29, 1.82) is 0 Å². The molecule has 2 aliphatic rings. The Balaban J connectivity index is 2.06. The van der Waals surface area contributed by atoms with E-state index in [0.29, 0.717) is 18.0 Å². The lowest BCUT2D eigenvalue weighted by atomic mass is 9.79. The number of halogens is 1. The van der Waals surface area contributed by atoms with E-state index in [1.54, 1.807) is 6.08 Å². The van der Waals surface area contributed by atoms with Gasteiger partial charge < -0.3 is 10.6 Å². The van der Waals surface area contributed by atoms with Gasteiger partial charge in [0, 0.05) is 25.3 Å². The maximum Gasteiger partial charge on any atom is 0.121 e. The van der Waals surface area contributed by atoms with Crippen molar-refractivity contribution < 1.29 is 4.39 Å². The molecule has 0 saturated heterocycles. The monoisotopic (exact) mass is 295 g/mol. The number of nitrogens with one attached hydrogen (secondary N) is 3. The summed E-state index contributed by atoms with van der Waals surface area (Å²) in [7, 11) is 1.96. The topological polar surface area (TPSA) is 36.1 Å². The SMILES string of the molecule is CCCC(NCNC)C1=CCNC1C1C=CC(F)C(C)C1. The van der Waals surface area contributed by atoms with E-state index in [9.17, 15) is 4.39 Å². The van der Waals surface area contributed by atoms with Gasteiger partial charge in [0.25, 0.3) is 0 Å². The number of hydrogen-bond acceptors (Lipinski definition) is 3. The molecule has 0 spiro atoms. The fraction of sp³-hybridized carbons (Fsp3) is 0.765. The molecule has 2 rings (SSSR count). The second kappa shape index (κ2) is 8.06. The molecule has 0 bridgehead atoms. The van der Waals surface area contributed by atoms with Crippen LogP contribution >= 0.6 is 0 Å². The first kappa shape index (κ1) is 16.7. The normalized spacial score (nSPS) is 34.0. The van der Waals surface area contributed by atoms with Crippen molar-refractivity contribution in [2.75, 3.05) is 20.3 Å². The van der Waals surface area contributed by atoms with Crippen LogP contribution in [0.25, 0.3) is 0 Å². The molecule has 3 nitrogen and oxygen atoms in total. The molecule has 1 aliphatic carbocycles. The Kier molecular flexibility index (Phi) is 6.40. The molecular formula is C17H30FN3. The summed E-state index contributed by atoms with van der Waals surface area (Å²) in [5.74, 6) is 0.537. The first-order valence-electron chi connectivity index (χ1n) is 8.31. The maximum atomic E-state index is 13.6. The van der Waals surface area contributed by atoms with E-state index in [1.807, 2.05) is 14.0 Å². The molecule has 0 saturated carbocycles. The lowest BCUT2D eigenvalue weighted by Crippen LogP contribution is -2.44. The standard InChI is InChI=1S/C17H30FN3/c1-4-5-16(21-11-19-3)14-8-9-20-17(14)13-6-7-15(18)12(2)10-13/h6-8,12-13,15-17,19-21H,4-5,9-11H2,1-3H3. The van der Waals surface area contributed by atoms with E-state index in [1.165, 1.54) is 5.57 Å². The van der Waals surface area contributed by atoms with Crippen LogP contribution in [0.1, 0.15) is 33.1 Å². The van der Waals surface area contributed by atoms with Crippen LogP contribution in [0, 0.1) is 11.8 Å². The zero-order valence-corrected chi connectivity index (χ0v) is 13.5. The highest BCUT2D eigenvalue weighted by molar-refractivity contribution is 5.27. The quantitative estimate of drug-likeness (QED) is 0.498. The third-order valence-corrected chi connectivity index (χ3v) is 4.70. The average Bonchev–Trinajstić information content (AvgIpc) is 2.95. The molecule has 0 aromatic heterocycles. The second-order valence-corrected chi connectivity index (χ2v) is 6.37. The van der Waals surface area contributed by atoms with Crippen LogP contribution in [0.2, 0.25) is 0 Å². The fourth-order valence-corrected chi connectivity index (χ4v) is 3.53. The zero-order chi connectivity index (χ0) is 15.2. The van der Waals surface area contributed by atoms with Gasteiger partial charge in [0.15, 0.2) is 0 Å². The van der Waals surface area contributed by atoms with Crippen LogP contribution in [0.3, 0.4) is 0 Å². The van der Waals surface area contributed by atoms with Crippen LogP contribution in [0.4, 0.5) is 4.39 Å². The van der Waals surface area contributed by atoms with Crippen LogP contribution in [0.5, 0.6) is 0 Å². The summed E-state index contributed by atoms with van der Waals surface area (Å²) >= 11 is 0. The minimum Gasteiger partial charge on any atom is -0.308 e. The van der Waals surface area contributed by atoms with E-state index in [2.05, 4.69) is 35.0 Å². The first-order chi connectivity index (χ1) is 10.2. The van der Waals surface area contributed by atoms with Gasteiger partial charge in [-0.1, -0.05) is 38.5 Å². The zero-order valence-electron chi connectivity index (χ0n) is 13.5. The van der Waals surface area contributed by atoms with E-state index >= 15 is 0 Å². The third kappa shape index (κ3) is 4.15. The van der Waals surface area contributed by atoms with Gasteiger partial charge in [-0.05, 0) is 37.3 Å². The van der Waals surface area contributed by atoms with Crippen molar-refractivity contribution in [3.8, 4) is 0 Å². The highest BCUT2D eigenvalue weighted by Crippen LogP contribution is 2.33. The molecule has 5 atom stereocenters. The van der Waals surface area contributed by atoms with Gasteiger partial charge in [0.1, 0.15) is 6.17 Å². The molecule has 0 radical (unpaired) electrons. The lowest BCUT2D eigenvalue weighted by Gasteiger charge is -2.33. The van der Waals surface area contributed by atoms with E-state index in [-0.39, 0.29) is 5.92 Å². The second-order valence-electron chi connectivity index (χ2n) is 6.37. The minimum absolute atomic E-state index is 0.124. The molecule has 0 fully saturated rings. The molecule has 0 amide bonds. The highest BCUT2D eigenvalue weighted by atomic mass is 19.1. The Bertz CT molecular complexity index is 380. The molecular weight excluding hydrogens is 265 g/mol. The number of alkyl halides is 1. The number of hydrogen-bond donors (Lipinski definition) is 3. The Labute approximate surface area is 128 Å². The molecule has 120 valence electrons. The van der Waals surface area contributed by atoms with Gasteiger partial charge in [0.2, 0.25) is 0 Å². The molecule has 21 heavy (non-hydrogen) atoms.